The summed E-state index contributed by atoms with van der Waals surface area (Å²) in [5.41, 5.74) is 7.56. The molecule has 0 unspecified atom stereocenters. The molecule has 0 radical (unpaired) electrons. The number of nitrogen functional groups attached to an aromatic ring is 1. The second kappa shape index (κ2) is 11.3. The summed E-state index contributed by atoms with van der Waals surface area (Å²) in [6.07, 6.45) is 4.46. The molecule has 16 heteroatoms. The van der Waals surface area contributed by atoms with Gasteiger partial charge in [0.2, 0.25) is 11.6 Å². The van der Waals surface area contributed by atoms with Crippen molar-refractivity contribution in [3.63, 3.8) is 0 Å². The predicted octanol–water partition coefficient (Wildman–Crippen LogP) is 1.19. The molecule has 2 amide bonds. The normalized spacial score (nSPS) is 14.0. The number of carbonyl (C=O) groups is 2. The number of hydrogen-bond donors (Lipinski definition) is 5. The molecule has 46 heavy (non-hydrogen) atoms. The van der Waals surface area contributed by atoms with E-state index in [1.165, 1.54) is 34.9 Å². The van der Waals surface area contributed by atoms with E-state index in [9.17, 15) is 23.6 Å². The fourth-order valence-corrected chi connectivity index (χ4v) is 5.53. The van der Waals surface area contributed by atoms with E-state index in [2.05, 4.69) is 46.5 Å². The fourth-order valence-electron chi connectivity index (χ4n) is 5.53. The number of H-pyrrole nitrogens is 1. The average Bonchev–Trinajstić information content (AvgIpc) is 3.85. The van der Waals surface area contributed by atoms with E-state index < -0.39 is 28.5 Å². The first-order chi connectivity index (χ1) is 22.3. The van der Waals surface area contributed by atoms with Gasteiger partial charge in [0.05, 0.1) is 6.04 Å². The van der Waals surface area contributed by atoms with Crippen LogP contribution in [0.1, 0.15) is 55.7 Å². The van der Waals surface area contributed by atoms with Crippen molar-refractivity contribution in [2.75, 3.05) is 11.1 Å². The highest BCUT2D eigenvalue weighted by Crippen LogP contribution is 2.33. The Bertz CT molecular complexity index is 2220. The number of tetrazole rings is 1. The number of rotatable bonds is 9. The van der Waals surface area contributed by atoms with E-state index in [-0.39, 0.29) is 53.2 Å². The molecule has 6 aromatic rings. The minimum Gasteiger partial charge on any atom is -0.394 e. The third-order valence-corrected chi connectivity index (χ3v) is 7.94. The van der Waals surface area contributed by atoms with Crippen LogP contribution in [0, 0.1) is 5.82 Å². The minimum absolute atomic E-state index is 0.0217. The maximum Gasteiger partial charge on any atom is 0.270 e. The first-order valence-corrected chi connectivity index (χ1v) is 14.2. The van der Waals surface area contributed by atoms with Gasteiger partial charge in [-0.15, -0.1) is 10.2 Å². The van der Waals surface area contributed by atoms with Crippen LogP contribution in [0.2, 0.25) is 0 Å². The van der Waals surface area contributed by atoms with Crippen molar-refractivity contribution in [2.24, 2.45) is 0 Å². The van der Waals surface area contributed by atoms with Crippen molar-refractivity contribution in [3.05, 3.63) is 115 Å². The third-order valence-electron chi connectivity index (χ3n) is 7.94. The van der Waals surface area contributed by atoms with Gasteiger partial charge in [0.1, 0.15) is 28.6 Å². The number of aromatic amines is 1. The Balaban J connectivity index is 1.05. The number of carbonyl (C=O) groups excluding carboxylic acids is 2. The zero-order chi connectivity index (χ0) is 31.9. The van der Waals surface area contributed by atoms with E-state index in [0.717, 1.165) is 23.1 Å². The zero-order valence-electron chi connectivity index (χ0n) is 23.9. The highest BCUT2D eigenvalue weighted by molar-refractivity contribution is 5.98. The van der Waals surface area contributed by atoms with E-state index in [1.54, 1.807) is 6.20 Å². The Labute approximate surface area is 257 Å². The molecule has 0 fully saturated rings. The molecular weight excluding hydrogens is 597 g/mol. The summed E-state index contributed by atoms with van der Waals surface area (Å²) >= 11 is 0. The second-order valence-corrected chi connectivity index (χ2v) is 10.7. The molecule has 15 nitrogen and oxygen atoms in total. The van der Waals surface area contributed by atoms with Crippen molar-refractivity contribution in [1.82, 2.24) is 45.6 Å². The lowest BCUT2D eigenvalue weighted by molar-refractivity contribution is 0.0931. The Morgan fingerprint density at radius 2 is 1.93 bits per heavy atom. The quantitative estimate of drug-likeness (QED) is 0.145. The number of benzene rings is 2. The molecule has 230 valence electrons. The number of nitrogens with zero attached hydrogens (tertiary/aromatic N) is 6. The Morgan fingerprint density at radius 3 is 2.74 bits per heavy atom. The highest BCUT2D eigenvalue weighted by Gasteiger charge is 2.27. The lowest BCUT2D eigenvalue weighted by Crippen LogP contribution is -2.37. The molecule has 3 aromatic heterocycles. The van der Waals surface area contributed by atoms with Crippen molar-refractivity contribution in [1.29, 1.82) is 0 Å². The van der Waals surface area contributed by atoms with E-state index in [4.69, 9.17) is 5.73 Å². The van der Waals surface area contributed by atoms with Gasteiger partial charge in [-0.05, 0) is 59.0 Å². The number of fused-ring (bicyclic) bond motifs is 2. The molecule has 0 bridgehead atoms. The average molecular weight is 622 g/mol. The van der Waals surface area contributed by atoms with Crippen molar-refractivity contribution >= 4 is 29.0 Å². The number of aryl methyl sites for hydroxylation is 1. The van der Waals surface area contributed by atoms with E-state index >= 15 is 0 Å². The molecular formula is C30H24FN11O4. The maximum atomic E-state index is 14.4. The first kappa shape index (κ1) is 28.5. The zero-order valence-corrected chi connectivity index (χ0v) is 23.9. The summed E-state index contributed by atoms with van der Waals surface area (Å²) in [6, 6.07) is 11.2. The smallest absolute Gasteiger partial charge is 0.270 e. The SMILES string of the molecule is Nc1c(NCc2cc(CNC(=O)c3cc(C(=O)N[C@H]4CCc5cc(-c6nn[nH]n6)ccc54)nc4nccn34)ccc2F)c(=O)c1=O. The van der Waals surface area contributed by atoms with Gasteiger partial charge in [-0.3, -0.25) is 23.6 Å². The van der Waals surface area contributed by atoms with Crippen LogP contribution in [0.4, 0.5) is 15.8 Å². The van der Waals surface area contributed by atoms with Gasteiger partial charge in [0.25, 0.3) is 22.7 Å². The van der Waals surface area contributed by atoms with E-state index in [1.807, 2.05) is 18.2 Å². The molecule has 1 atom stereocenters. The summed E-state index contributed by atoms with van der Waals surface area (Å²) in [4.78, 5) is 58.2. The van der Waals surface area contributed by atoms with Crippen LogP contribution in [0.3, 0.4) is 0 Å². The van der Waals surface area contributed by atoms with Gasteiger partial charge < -0.3 is 21.7 Å². The van der Waals surface area contributed by atoms with Gasteiger partial charge >= 0.3 is 0 Å². The number of nitrogens with one attached hydrogen (secondary N) is 4. The predicted molar refractivity (Wildman–Crippen MR) is 162 cm³/mol. The molecule has 0 spiro atoms. The summed E-state index contributed by atoms with van der Waals surface area (Å²) in [5.74, 6) is -0.860. The van der Waals surface area contributed by atoms with Crippen LogP contribution in [0.5, 0.6) is 0 Å². The summed E-state index contributed by atoms with van der Waals surface area (Å²) in [7, 11) is 0. The number of halogens is 1. The fraction of sp³-hybridized carbons (Fsp3) is 0.167. The van der Waals surface area contributed by atoms with Gasteiger partial charge in [0.15, 0.2) is 0 Å². The third kappa shape index (κ3) is 5.10. The molecule has 1 aliphatic carbocycles. The minimum atomic E-state index is -0.775. The molecule has 0 saturated carbocycles. The molecule has 3 aromatic carbocycles. The van der Waals surface area contributed by atoms with Crippen LogP contribution in [0.25, 0.3) is 17.2 Å². The molecule has 0 aliphatic heterocycles. The summed E-state index contributed by atoms with van der Waals surface area (Å²) < 4.78 is 15.9. The van der Waals surface area contributed by atoms with Crippen molar-refractivity contribution in [3.8, 4) is 11.4 Å². The Kier molecular flexibility index (Phi) is 7.00. The number of nitrogens with two attached hydrogens (primary N) is 1. The number of amides is 2. The summed E-state index contributed by atoms with van der Waals surface area (Å²) in [5, 5.41) is 22.6. The van der Waals surface area contributed by atoms with Crippen LogP contribution >= 0.6 is 0 Å². The first-order valence-electron chi connectivity index (χ1n) is 14.2. The van der Waals surface area contributed by atoms with Crippen molar-refractivity contribution < 1.29 is 14.0 Å². The number of aromatic nitrogens is 7. The standard InChI is InChI=1S/C30H24FN11O4/c31-19-5-1-14(9-17(19)13-34-24-23(32)25(43)26(24)44)12-35-29(46)22-11-21(37-30-33-7-8-42(22)30)28(45)36-20-6-3-15-10-16(2-4-18(15)20)27-38-40-41-39-27/h1-2,4-5,7-11,20,34H,3,6,12-13,32H2,(H,35,46)(H,36,45)(H,38,39,40,41)/t20-/m0/s1. The van der Waals surface area contributed by atoms with Crippen LogP contribution in [-0.2, 0) is 19.5 Å². The second-order valence-electron chi connectivity index (χ2n) is 10.7. The Hall–Kier alpha value is -6.32. The maximum absolute atomic E-state index is 14.4. The van der Waals surface area contributed by atoms with Crippen LogP contribution < -0.4 is 32.5 Å². The van der Waals surface area contributed by atoms with Gasteiger partial charge in [0, 0.05) is 36.6 Å². The van der Waals surface area contributed by atoms with Crippen LogP contribution in [0.15, 0.2) is 64.4 Å². The molecule has 7 rings (SSSR count). The topological polar surface area (TPSA) is 215 Å². The largest absolute Gasteiger partial charge is 0.394 e. The monoisotopic (exact) mass is 621 g/mol. The Morgan fingerprint density at radius 1 is 1.07 bits per heavy atom. The molecule has 3 heterocycles. The lowest BCUT2D eigenvalue weighted by atomic mass is 10.0. The number of hydrogen-bond acceptors (Lipinski definition) is 11. The van der Waals surface area contributed by atoms with E-state index in [0.29, 0.717) is 17.8 Å². The highest BCUT2D eigenvalue weighted by atomic mass is 19.1. The lowest BCUT2D eigenvalue weighted by Gasteiger charge is -2.15. The van der Waals surface area contributed by atoms with Gasteiger partial charge in [-0.2, -0.15) is 5.21 Å². The van der Waals surface area contributed by atoms with Gasteiger partial charge in [-0.1, -0.05) is 18.2 Å². The van der Waals surface area contributed by atoms with Gasteiger partial charge in [-0.25, -0.2) is 14.4 Å². The number of imidazole rings is 1. The number of anilines is 2. The molecule has 6 N–H and O–H groups in total. The van der Waals surface area contributed by atoms with Crippen LogP contribution in [-0.4, -0.2) is 46.8 Å². The van der Waals surface area contributed by atoms with Crippen molar-refractivity contribution in [2.45, 2.75) is 32.0 Å². The summed E-state index contributed by atoms with van der Waals surface area (Å²) in [6.45, 7) is -0.0638. The molecule has 1 aliphatic rings. The molecule has 0 saturated heterocycles.